The highest BCUT2D eigenvalue weighted by atomic mass is 32.2. The second-order valence-corrected chi connectivity index (χ2v) is 7.80. The SMILES string of the molecule is CS(=O)(=O)Nc1cc(C(=O)O)c(NS(C)(=O)=O)cc1C(=O)O. The normalized spacial score (nSPS) is 11.7. The molecular formula is C10H12N2O8S2. The molecule has 0 unspecified atom stereocenters. The van der Waals surface area contributed by atoms with Gasteiger partial charge in [-0.25, -0.2) is 26.4 Å². The Bertz CT molecular complexity index is 770. The van der Waals surface area contributed by atoms with Crippen LogP contribution in [-0.4, -0.2) is 51.5 Å². The molecule has 1 aromatic carbocycles. The van der Waals surface area contributed by atoms with E-state index in [1.807, 2.05) is 9.44 Å². The molecule has 0 aliphatic rings. The number of carboxylic acid groups (broad SMARTS) is 2. The third-order valence-electron chi connectivity index (χ3n) is 2.21. The number of carboxylic acids is 2. The smallest absolute Gasteiger partial charge is 0.337 e. The zero-order valence-electron chi connectivity index (χ0n) is 11.3. The second kappa shape index (κ2) is 5.81. The van der Waals surface area contributed by atoms with Crippen LogP contribution in [0.4, 0.5) is 11.4 Å². The number of hydrogen-bond donors (Lipinski definition) is 4. The molecule has 12 heteroatoms. The van der Waals surface area contributed by atoms with Gasteiger partial charge in [-0.3, -0.25) is 9.44 Å². The molecule has 1 aromatic rings. The van der Waals surface area contributed by atoms with E-state index in [-0.39, 0.29) is 0 Å². The Kier molecular flexibility index (Phi) is 4.67. The van der Waals surface area contributed by atoms with Crippen molar-refractivity contribution >= 4 is 43.4 Å². The Morgan fingerprint density at radius 1 is 0.818 bits per heavy atom. The van der Waals surface area contributed by atoms with Crippen LogP contribution >= 0.6 is 0 Å². The first kappa shape index (κ1) is 17.7. The lowest BCUT2D eigenvalue weighted by Crippen LogP contribution is -2.17. The molecule has 0 aliphatic carbocycles. The molecular weight excluding hydrogens is 340 g/mol. The molecule has 0 bridgehead atoms. The van der Waals surface area contributed by atoms with Gasteiger partial charge < -0.3 is 10.2 Å². The maximum absolute atomic E-state index is 11.2. The summed E-state index contributed by atoms with van der Waals surface area (Å²) in [5.41, 5.74) is -2.21. The van der Waals surface area contributed by atoms with Crippen LogP contribution in [0.2, 0.25) is 0 Å². The summed E-state index contributed by atoms with van der Waals surface area (Å²) in [5.74, 6) is -3.14. The van der Waals surface area contributed by atoms with Crippen molar-refractivity contribution in [2.24, 2.45) is 0 Å². The second-order valence-electron chi connectivity index (χ2n) is 4.30. The molecule has 0 saturated heterocycles. The number of anilines is 2. The summed E-state index contributed by atoms with van der Waals surface area (Å²) >= 11 is 0. The first-order valence-electron chi connectivity index (χ1n) is 5.40. The first-order valence-corrected chi connectivity index (χ1v) is 9.18. The summed E-state index contributed by atoms with van der Waals surface area (Å²) in [6, 6.07) is 1.45. The molecule has 0 aromatic heterocycles. The zero-order valence-corrected chi connectivity index (χ0v) is 12.9. The van der Waals surface area contributed by atoms with Crippen LogP contribution in [-0.2, 0) is 20.0 Å². The molecule has 22 heavy (non-hydrogen) atoms. The van der Waals surface area contributed by atoms with Crippen molar-refractivity contribution in [1.82, 2.24) is 0 Å². The van der Waals surface area contributed by atoms with E-state index in [0.29, 0.717) is 0 Å². The Morgan fingerprint density at radius 2 is 1.09 bits per heavy atom. The Hall–Kier alpha value is -2.34. The Labute approximate surface area is 125 Å². The first-order chi connectivity index (χ1) is 9.80. The van der Waals surface area contributed by atoms with E-state index < -0.39 is 54.5 Å². The lowest BCUT2D eigenvalue weighted by atomic mass is 10.1. The third-order valence-corrected chi connectivity index (χ3v) is 3.39. The molecule has 122 valence electrons. The van der Waals surface area contributed by atoms with E-state index in [4.69, 9.17) is 10.2 Å². The van der Waals surface area contributed by atoms with E-state index in [1.54, 1.807) is 0 Å². The average Bonchev–Trinajstić information content (AvgIpc) is 2.25. The molecule has 0 spiro atoms. The van der Waals surface area contributed by atoms with Gasteiger partial charge >= 0.3 is 11.9 Å². The van der Waals surface area contributed by atoms with Gasteiger partial charge in [0, 0.05) is 0 Å². The van der Waals surface area contributed by atoms with Crippen LogP contribution < -0.4 is 9.44 Å². The highest BCUT2D eigenvalue weighted by molar-refractivity contribution is 7.92. The minimum atomic E-state index is -3.87. The number of benzene rings is 1. The largest absolute Gasteiger partial charge is 0.478 e. The fourth-order valence-corrected chi connectivity index (χ4v) is 2.66. The molecule has 10 nitrogen and oxygen atoms in total. The van der Waals surface area contributed by atoms with Gasteiger partial charge in [0.05, 0.1) is 35.0 Å². The van der Waals surface area contributed by atoms with Gasteiger partial charge in [-0.2, -0.15) is 0 Å². The minimum absolute atomic E-state index is 0.494. The lowest BCUT2D eigenvalue weighted by Gasteiger charge is -2.13. The predicted octanol–water partition coefficient (Wildman–Crippen LogP) is -0.174. The molecule has 0 amide bonds. The van der Waals surface area contributed by atoms with Crippen LogP contribution in [0.15, 0.2) is 12.1 Å². The average molecular weight is 352 g/mol. The number of rotatable bonds is 6. The molecule has 0 atom stereocenters. The van der Waals surface area contributed by atoms with Crippen molar-refractivity contribution in [3.63, 3.8) is 0 Å². The maximum atomic E-state index is 11.2. The number of hydrogen-bond acceptors (Lipinski definition) is 6. The minimum Gasteiger partial charge on any atom is -0.478 e. The summed E-state index contributed by atoms with van der Waals surface area (Å²) in [7, 11) is -7.74. The van der Waals surface area contributed by atoms with Gasteiger partial charge in [-0.05, 0) is 12.1 Å². The Morgan fingerprint density at radius 3 is 1.27 bits per heavy atom. The van der Waals surface area contributed by atoms with Crippen LogP contribution in [0.1, 0.15) is 20.7 Å². The van der Waals surface area contributed by atoms with Crippen molar-refractivity contribution in [3.05, 3.63) is 23.3 Å². The predicted molar refractivity (Wildman–Crippen MR) is 77.3 cm³/mol. The van der Waals surface area contributed by atoms with E-state index in [1.165, 1.54) is 0 Å². The van der Waals surface area contributed by atoms with Gasteiger partial charge in [-0.15, -0.1) is 0 Å². The summed E-state index contributed by atoms with van der Waals surface area (Å²) in [4.78, 5) is 22.3. The molecule has 0 aliphatic heterocycles. The quantitative estimate of drug-likeness (QED) is 0.547. The molecule has 0 fully saturated rings. The van der Waals surface area contributed by atoms with Crippen molar-refractivity contribution in [3.8, 4) is 0 Å². The van der Waals surface area contributed by atoms with Gasteiger partial charge in [0.2, 0.25) is 20.0 Å². The molecule has 1 rings (SSSR count). The van der Waals surface area contributed by atoms with Crippen LogP contribution in [0, 0.1) is 0 Å². The van der Waals surface area contributed by atoms with Gasteiger partial charge in [-0.1, -0.05) is 0 Å². The fourth-order valence-electron chi connectivity index (χ4n) is 1.52. The number of carbonyl (C=O) groups is 2. The van der Waals surface area contributed by atoms with E-state index in [2.05, 4.69) is 0 Å². The number of aromatic carboxylic acids is 2. The third kappa shape index (κ3) is 4.89. The van der Waals surface area contributed by atoms with Crippen LogP contribution in [0.25, 0.3) is 0 Å². The summed E-state index contributed by atoms with van der Waals surface area (Å²) in [6.45, 7) is 0. The van der Waals surface area contributed by atoms with Gasteiger partial charge in [0.15, 0.2) is 0 Å². The molecule has 0 heterocycles. The Balaban J connectivity index is 3.64. The van der Waals surface area contributed by atoms with E-state index in [9.17, 15) is 26.4 Å². The number of sulfonamides is 2. The van der Waals surface area contributed by atoms with E-state index >= 15 is 0 Å². The van der Waals surface area contributed by atoms with Crippen molar-refractivity contribution in [2.75, 3.05) is 22.0 Å². The molecule has 4 N–H and O–H groups in total. The fraction of sp³-hybridized carbons (Fsp3) is 0.200. The number of nitrogens with one attached hydrogen (secondary N) is 2. The highest BCUT2D eigenvalue weighted by Crippen LogP contribution is 2.27. The van der Waals surface area contributed by atoms with Crippen molar-refractivity contribution < 1.29 is 36.6 Å². The summed E-state index contributed by atoms with van der Waals surface area (Å²) in [6.07, 6.45) is 1.50. The topological polar surface area (TPSA) is 167 Å². The van der Waals surface area contributed by atoms with Gasteiger partial charge in [0.1, 0.15) is 0 Å². The lowest BCUT2D eigenvalue weighted by molar-refractivity contribution is 0.0683. The summed E-state index contributed by atoms with van der Waals surface area (Å²) < 4.78 is 48.6. The molecule has 0 saturated carbocycles. The standard InChI is InChI=1S/C10H12N2O8S2/c1-21(17,18)11-7-3-6(10(15)16)8(12-22(2,19)20)4-5(7)9(13)14/h3-4,11-12H,1-2H3,(H,13,14)(H,15,16). The summed E-state index contributed by atoms with van der Waals surface area (Å²) in [5, 5.41) is 18.1. The van der Waals surface area contributed by atoms with Crippen molar-refractivity contribution in [1.29, 1.82) is 0 Å². The monoisotopic (exact) mass is 352 g/mol. The zero-order chi connectivity index (χ0) is 17.3. The van der Waals surface area contributed by atoms with Crippen LogP contribution in [0.3, 0.4) is 0 Å². The van der Waals surface area contributed by atoms with E-state index in [0.717, 1.165) is 24.6 Å². The highest BCUT2D eigenvalue weighted by Gasteiger charge is 2.21. The molecule has 0 radical (unpaired) electrons. The van der Waals surface area contributed by atoms with Crippen molar-refractivity contribution in [2.45, 2.75) is 0 Å². The van der Waals surface area contributed by atoms with Crippen LogP contribution in [0.5, 0.6) is 0 Å². The maximum Gasteiger partial charge on any atom is 0.337 e. The van der Waals surface area contributed by atoms with Gasteiger partial charge in [0.25, 0.3) is 0 Å².